The number of anilines is 1. The summed E-state index contributed by atoms with van der Waals surface area (Å²) in [6, 6.07) is 1.87. The lowest BCUT2D eigenvalue weighted by Crippen LogP contribution is -2.20. The molecule has 0 radical (unpaired) electrons. The molecule has 1 fully saturated rings. The van der Waals surface area contributed by atoms with E-state index in [1.807, 2.05) is 19.4 Å². The van der Waals surface area contributed by atoms with Gasteiger partial charge in [0.1, 0.15) is 11.9 Å². The van der Waals surface area contributed by atoms with Gasteiger partial charge in [0.15, 0.2) is 5.16 Å². The molecular formula is C12H19N3OS. The van der Waals surface area contributed by atoms with Crippen molar-refractivity contribution in [3.05, 3.63) is 6.07 Å². The van der Waals surface area contributed by atoms with Crippen LogP contribution in [0, 0.1) is 0 Å². The number of ether oxygens (including phenoxy) is 1. The molecule has 1 aliphatic rings. The Hall–Kier alpha value is -0.970. The minimum Gasteiger partial charge on any atom is -0.474 e. The van der Waals surface area contributed by atoms with E-state index < -0.39 is 0 Å². The van der Waals surface area contributed by atoms with E-state index in [1.165, 1.54) is 31.0 Å². The van der Waals surface area contributed by atoms with Crippen molar-refractivity contribution < 1.29 is 4.74 Å². The van der Waals surface area contributed by atoms with Gasteiger partial charge < -0.3 is 10.1 Å². The van der Waals surface area contributed by atoms with Gasteiger partial charge in [-0.15, -0.1) is 0 Å². The van der Waals surface area contributed by atoms with Crippen molar-refractivity contribution in [1.29, 1.82) is 0 Å². The molecule has 1 heterocycles. The number of nitrogens with one attached hydrogen (secondary N) is 1. The average molecular weight is 253 g/mol. The molecule has 0 aromatic carbocycles. The Morgan fingerprint density at radius 1 is 1.29 bits per heavy atom. The monoisotopic (exact) mass is 253 g/mol. The van der Waals surface area contributed by atoms with Gasteiger partial charge in [0, 0.05) is 13.1 Å². The number of hydrogen-bond acceptors (Lipinski definition) is 5. The smallest absolute Gasteiger partial charge is 0.219 e. The fourth-order valence-corrected chi connectivity index (χ4v) is 2.41. The second-order valence-electron chi connectivity index (χ2n) is 4.21. The minimum atomic E-state index is 0.332. The highest BCUT2D eigenvalue weighted by Gasteiger charge is 2.16. The third-order valence-corrected chi connectivity index (χ3v) is 3.51. The standard InChI is InChI=1S/C12H19N3OS/c1-13-10-8-11(15-12(14-10)17-2)16-9-6-4-3-5-7-9/h8-9H,3-7H2,1-2H3,(H,13,14,15). The molecule has 4 nitrogen and oxygen atoms in total. The SMILES string of the molecule is CNc1cc(OC2CCCCC2)nc(SC)n1. The Labute approximate surface area is 107 Å². The number of aromatic nitrogens is 2. The second kappa shape index (κ2) is 6.10. The number of hydrogen-bond donors (Lipinski definition) is 1. The molecule has 1 aromatic rings. The summed E-state index contributed by atoms with van der Waals surface area (Å²) in [5, 5.41) is 3.79. The molecule has 0 unspecified atom stereocenters. The molecular weight excluding hydrogens is 234 g/mol. The van der Waals surface area contributed by atoms with Gasteiger partial charge in [-0.1, -0.05) is 18.2 Å². The average Bonchev–Trinajstić information content (AvgIpc) is 2.39. The molecule has 0 atom stereocenters. The summed E-state index contributed by atoms with van der Waals surface area (Å²) >= 11 is 1.53. The molecule has 94 valence electrons. The Morgan fingerprint density at radius 2 is 2.06 bits per heavy atom. The highest BCUT2D eigenvalue weighted by Crippen LogP contribution is 2.24. The molecule has 1 saturated carbocycles. The number of rotatable bonds is 4. The van der Waals surface area contributed by atoms with E-state index >= 15 is 0 Å². The molecule has 1 N–H and O–H groups in total. The topological polar surface area (TPSA) is 47.0 Å². The summed E-state index contributed by atoms with van der Waals surface area (Å²) in [5.74, 6) is 1.51. The van der Waals surface area contributed by atoms with E-state index in [-0.39, 0.29) is 0 Å². The summed E-state index contributed by atoms with van der Waals surface area (Å²) < 4.78 is 5.94. The molecule has 0 bridgehead atoms. The highest BCUT2D eigenvalue weighted by molar-refractivity contribution is 7.98. The Kier molecular flexibility index (Phi) is 4.48. The third kappa shape index (κ3) is 3.49. The Morgan fingerprint density at radius 3 is 2.71 bits per heavy atom. The van der Waals surface area contributed by atoms with Gasteiger partial charge >= 0.3 is 0 Å². The van der Waals surface area contributed by atoms with E-state index in [9.17, 15) is 0 Å². The summed E-state index contributed by atoms with van der Waals surface area (Å²) in [7, 11) is 1.86. The van der Waals surface area contributed by atoms with Gasteiger partial charge in [-0.2, -0.15) is 4.98 Å². The normalized spacial score (nSPS) is 16.8. The summed E-state index contributed by atoms with van der Waals surface area (Å²) in [6.07, 6.45) is 8.47. The van der Waals surface area contributed by atoms with Gasteiger partial charge in [-0.3, -0.25) is 0 Å². The van der Waals surface area contributed by atoms with E-state index in [0.717, 1.165) is 23.8 Å². The maximum atomic E-state index is 5.94. The molecule has 0 spiro atoms. The first kappa shape index (κ1) is 12.5. The summed E-state index contributed by atoms with van der Waals surface area (Å²) in [4.78, 5) is 8.71. The lowest BCUT2D eigenvalue weighted by atomic mass is 9.98. The maximum Gasteiger partial charge on any atom is 0.219 e. The van der Waals surface area contributed by atoms with Gasteiger partial charge in [-0.05, 0) is 31.9 Å². The van der Waals surface area contributed by atoms with Crippen molar-refractivity contribution in [2.75, 3.05) is 18.6 Å². The van der Waals surface area contributed by atoms with Crippen LogP contribution in [0.4, 0.5) is 5.82 Å². The second-order valence-corrected chi connectivity index (χ2v) is 4.98. The lowest BCUT2D eigenvalue weighted by molar-refractivity contribution is 0.147. The van der Waals surface area contributed by atoms with Crippen LogP contribution >= 0.6 is 11.8 Å². The van der Waals surface area contributed by atoms with Crippen LogP contribution in [-0.2, 0) is 0 Å². The largest absolute Gasteiger partial charge is 0.474 e. The number of nitrogens with zero attached hydrogens (tertiary/aromatic N) is 2. The predicted molar refractivity (Wildman–Crippen MR) is 70.9 cm³/mol. The van der Waals surface area contributed by atoms with Crippen LogP contribution in [-0.4, -0.2) is 29.4 Å². The fraction of sp³-hybridized carbons (Fsp3) is 0.667. The van der Waals surface area contributed by atoms with Crippen LogP contribution in [0.1, 0.15) is 32.1 Å². The summed E-state index contributed by atoms with van der Waals surface area (Å²) in [5.41, 5.74) is 0. The van der Waals surface area contributed by atoms with Crippen molar-refractivity contribution in [3.8, 4) is 5.88 Å². The first-order valence-corrected chi connectivity index (χ1v) is 7.32. The van der Waals surface area contributed by atoms with Crippen LogP contribution in [0.5, 0.6) is 5.88 Å². The van der Waals surface area contributed by atoms with Crippen LogP contribution < -0.4 is 10.1 Å². The molecule has 2 rings (SSSR count). The van der Waals surface area contributed by atoms with E-state index in [1.54, 1.807) is 0 Å². The first-order chi connectivity index (χ1) is 8.31. The zero-order chi connectivity index (χ0) is 12.1. The van der Waals surface area contributed by atoms with Crippen LogP contribution in [0.2, 0.25) is 0 Å². The van der Waals surface area contributed by atoms with Crippen molar-refractivity contribution in [1.82, 2.24) is 9.97 Å². The van der Waals surface area contributed by atoms with Crippen molar-refractivity contribution in [3.63, 3.8) is 0 Å². The molecule has 0 amide bonds. The molecule has 1 aliphatic carbocycles. The molecule has 1 aromatic heterocycles. The fourth-order valence-electron chi connectivity index (χ4n) is 2.04. The molecule has 0 aliphatic heterocycles. The predicted octanol–water partition coefficient (Wildman–Crippen LogP) is 2.95. The van der Waals surface area contributed by atoms with Crippen LogP contribution in [0.15, 0.2) is 11.2 Å². The van der Waals surface area contributed by atoms with Crippen LogP contribution in [0.3, 0.4) is 0 Å². The summed E-state index contributed by atoms with van der Waals surface area (Å²) in [6.45, 7) is 0. The lowest BCUT2D eigenvalue weighted by Gasteiger charge is -2.22. The third-order valence-electron chi connectivity index (χ3n) is 2.96. The van der Waals surface area contributed by atoms with Crippen molar-refractivity contribution in [2.24, 2.45) is 0 Å². The first-order valence-electron chi connectivity index (χ1n) is 6.09. The van der Waals surface area contributed by atoms with Gasteiger partial charge in [-0.25, -0.2) is 4.98 Å². The zero-order valence-electron chi connectivity index (χ0n) is 10.4. The number of thioether (sulfide) groups is 1. The van der Waals surface area contributed by atoms with Gasteiger partial charge in [0.2, 0.25) is 5.88 Å². The minimum absolute atomic E-state index is 0.332. The quantitative estimate of drug-likeness (QED) is 0.660. The molecule has 0 saturated heterocycles. The Balaban J connectivity index is 2.07. The zero-order valence-corrected chi connectivity index (χ0v) is 11.2. The van der Waals surface area contributed by atoms with Gasteiger partial charge in [0.25, 0.3) is 0 Å². The Bertz CT molecular complexity index is 345. The van der Waals surface area contributed by atoms with Crippen LogP contribution in [0.25, 0.3) is 0 Å². The van der Waals surface area contributed by atoms with E-state index in [0.29, 0.717) is 12.0 Å². The molecule has 17 heavy (non-hydrogen) atoms. The maximum absolute atomic E-state index is 5.94. The van der Waals surface area contributed by atoms with Crippen molar-refractivity contribution in [2.45, 2.75) is 43.4 Å². The van der Waals surface area contributed by atoms with E-state index in [2.05, 4.69) is 15.3 Å². The molecule has 5 heteroatoms. The van der Waals surface area contributed by atoms with E-state index in [4.69, 9.17) is 4.74 Å². The van der Waals surface area contributed by atoms with Crippen molar-refractivity contribution >= 4 is 17.6 Å². The van der Waals surface area contributed by atoms with Gasteiger partial charge in [0.05, 0.1) is 0 Å². The highest BCUT2D eigenvalue weighted by atomic mass is 32.2.